The van der Waals surface area contributed by atoms with Crippen molar-refractivity contribution in [3.63, 3.8) is 0 Å². The van der Waals surface area contributed by atoms with Crippen molar-refractivity contribution in [2.75, 3.05) is 11.9 Å². The molecule has 1 aromatic rings. The molecule has 146 valence electrons. The lowest BCUT2D eigenvalue weighted by Gasteiger charge is -2.36. The summed E-state index contributed by atoms with van der Waals surface area (Å²) < 4.78 is 46.5. The van der Waals surface area contributed by atoms with Crippen molar-refractivity contribution in [2.45, 2.75) is 52.9 Å². The van der Waals surface area contributed by atoms with Crippen LogP contribution >= 0.6 is 0 Å². The molecule has 1 amide bonds. The highest BCUT2D eigenvalue weighted by Gasteiger charge is 2.63. The fraction of sp³-hybridized carbons (Fsp3) is 0.556. The molecule has 0 spiro atoms. The Morgan fingerprint density at radius 2 is 1.81 bits per heavy atom. The van der Waals surface area contributed by atoms with E-state index in [0.29, 0.717) is 5.56 Å². The maximum atomic E-state index is 14.0. The Labute approximate surface area is 151 Å². The van der Waals surface area contributed by atoms with Gasteiger partial charge >= 0.3 is 17.8 Å². The molecule has 0 aliphatic carbocycles. The molecule has 0 radical (unpaired) electrons. The Balaban J connectivity index is 3.41. The smallest absolute Gasteiger partial charge is 0.441 e. The first-order chi connectivity index (χ1) is 11.9. The van der Waals surface area contributed by atoms with E-state index in [1.807, 2.05) is 5.32 Å². The summed E-state index contributed by atoms with van der Waals surface area (Å²) in [6, 6.07) is 4.71. The number of hydrogen-bond acceptors (Lipinski definition) is 4. The number of benzene rings is 1. The molecule has 0 bridgehead atoms. The van der Waals surface area contributed by atoms with E-state index in [1.165, 1.54) is 13.0 Å². The third kappa shape index (κ3) is 5.12. The fourth-order valence-electron chi connectivity index (χ4n) is 2.42. The van der Waals surface area contributed by atoms with Gasteiger partial charge in [0.15, 0.2) is 0 Å². The highest BCUT2D eigenvalue weighted by molar-refractivity contribution is 5.91. The van der Waals surface area contributed by atoms with Gasteiger partial charge in [-0.3, -0.25) is 4.79 Å². The third-order valence-corrected chi connectivity index (χ3v) is 3.63. The molecule has 8 heteroatoms. The lowest BCUT2D eigenvalue weighted by atomic mass is 10.0. The summed E-state index contributed by atoms with van der Waals surface area (Å²) in [6.45, 7) is 7.92. The number of halogens is 3. The maximum Gasteiger partial charge on any atom is 0.441 e. The number of aryl methyl sites for hydroxylation is 2. The van der Waals surface area contributed by atoms with Gasteiger partial charge in [-0.1, -0.05) is 31.5 Å². The topological polar surface area (TPSA) is 67.4 Å². The van der Waals surface area contributed by atoms with Gasteiger partial charge in [-0.25, -0.2) is 4.79 Å². The zero-order chi connectivity index (χ0) is 20.1. The van der Waals surface area contributed by atoms with Crippen LogP contribution in [0.5, 0.6) is 0 Å². The standard InChI is InChI=1S/C18H25F3N2O3/c1-6-26-16(25)17(18(19,20)21,23-15(24)9-11(2)3)22-14-8-7-12(4)10-13(14)5/h7-8,10-11,22H,6,9H2,1-5H3,(H,23,24). The van der Waals surface area contributed by atoms with Crippen LogP contribution in [0.2, 0.25) is 0 Å². The first-order valence-corrected chi connectivity index (χ1v) is 8.33. The zero-order valence-corrected chi connectivity index (χ0v) is 15.6. The molecule has 26 heavy (non-hydrogen) atoms. The predicted octanol–water partition coefficient (Wildman–Crippen LogP) is 3.70. The summed E-state index contributed by atoms with van der Waals surface area (Å²) in [6.07, 6.45) is -5.28. The van der Waals surface area contributed by atoms with Gasteiger partial charge in [0.2, 0.25) is 5.91 Å². The van der Waals surface area contributed by atoms with E-state index in [4.69, 9.17) is 0 Å². The Hall–Kier alpha value is -2.25. The van der Waals surface area contributed by atoms with Crippen molar-refractivity contribution in [2.24, 2.45) is 5.92 Å². The molecular weight excluding hydrogens is 349 g/mol. The monoisotopic (exact) mass is 374 g/mol. The summed E-state index contributed by atoms with van der Waals surface area (Å²) in [5.74, 6) is -2.68. The number of hydrogen-bond donors (Lipinski definition) is 2. The molecule has 1 aromatic carbocycles. The molecule has 0 heterocycles. The van der Waals surface area contributed by atoms with Gasteiger partial charge in [0.1, 0.15) is 0 Å². The molecule has 1 atom stereocenters. The van der Waals surface area contributed by atoms with E-state index in [9.17, 15) is 22.8 Å². The van der Waals surface area contributed by atoms with Gasteiger partial charge in [0, 0.05) is 12.1 Å². The predicted molar refractivity (Wildman–Crippen MR) is 92.6 cm³/mol. The molecule has 0 aliphatic rings. The second-order valence-electron chi connectivity index (χ2n) is 6.56. The molecule has 1 rings (SSSR count). The first-order valence-electron chi connectivity index (χ1n) is 8.33. The molecular formula is C18H25F3N2O3. The number of alkyl halides is 3. The Morgan fingerprint density at radius 1 is 1.19 bits per heavy atom. The average Bonchev–Trinajstić information content (AvgIpc) is 2.47. The van der Waals surface area contributed by atoms with E-state index in [2.05, 4.69) is 10.1 Å². The summed E-state index contributed by atoms with van der Waals surface area (Å²) >= 11 is 0. The van der Waals surface area contributed by atoms with Crippen LogP contribution in [-0.2, 0) is 14.3 Å². The molecule has 0 saturated carbocycles. The van der Waals surface area contributed by atoms with Crippen molar-refractivity contribution in [3.05, 3.63) is 29.3 Å². The van der Waals surface area contributed by atoms with Crippen molar-refractivity contribution in [3.8, 4) is 0 Å². The first kappa shape index (κ1) is 21.8. The minimum Gasteiger partial charge on any atom is -0.463 e. The second kappa shape index (κ2) is 8.42. The Bertz CT molecular complexity index is 660. The summed E-state index contributed by atoms with van der Waals surface area (Å²) in [5.41, 5.74) is -1.94. The van der Waals surface area contributed by atoms with Crippen molar-refractivity contribution in [1.29, 1.82) is 0 Å². The minimum absolute atomic E-state index is 0.0748. The molecule has 0 saturated heterocycles. The quantitative estimate of drug-likeness (QED) is 0.564. The average molecular weight is 374 g/mol. The molecule has 0 aromatic heterocycles. The van der Waals surface area contributed by atoms with Gasteiger partial charge in [0.05, 0.1) is 6.61 Å². The van der Waals surface area contributed by atoms with Gasteiger partial charge < -0.3 is 15.4 Å². The van der Waals surface area contributed by atoms with Crippen molar-refractivity contribution < 1.29 is 27.5 Å². The highest BCUT2D eigenvalue weighted by atomic mass is 19.4. The number of esters is 1. The lowest BCUT2D eigenvalue weighted by molar-refractivity contribution is -0.208. The number of amides is 1. The van der Waals surface area contributed by atoms with Gasteiger partial charge in [0.25, 0.3) is 0 Å². The number of ether oxygens (including phenoxy) is 1. The highest BCUT2D eigenvalue weighted by Crippen LogP contribution is 2.34. The molecule has 0 fully saturated rings. The Kier molecular flexibility index (Phi) is 7.06. The van der Waals surface area contributed by atoms with Crippen LogP contribution in [-0.4, -0.2) is 30.3 Å². The van der Waals surface area contributed by atoms with Gasteiger partial charge in [-0.05, 0) is 38.3 Å². The number of nitrogens with one attached hydrogen (secondary N) is 2. The summed E-state index contributed by atoms with van der Waals surface area (Å²) in [7, 11) is 0. The second-order valence-corrected chi connectivity index (χ2v) is 6.56. The lowest BCUT2D eigenvalue weighted by Crippen LogP contribution is -2.69. The van der Waals surface area contributed by atoms with Gasteiger partial charge in [-0.2, -0.15) is 13.2 Å². The van der Waals surface area contributed by atoms with Crippen LogP contribution in [0.15, 0.2) is 18.2 Å². The van der Waals surface area contributed by atoms with E-state index >= 15 is 0 Å². The molecule has 5 nitrogen and oxygen atoms in total. The van der Waals surface area contributed by atoms with E-state index in [-0.39, 0.29) is 24.6 Å². The van der Waals surface area contributed by atoms with Crippen LogP contribution in [0.25, 0.3) is 0 Å². The van der Waals surface area contributed by atoms with Crippen molar-refractivity contribution >= 4 is 17.6 Å². The van der Waals surface area contributed by atoms with E-state index < -0.39 is 23.7 Å². The molecule has 0 aliphatic heterocycles. The largest absolute Gasteiger partial charge is 0.463 e. The fourth-order valence-corrected chi connectivity index (χ4v) is 2.42. The van der Waals surface area contributed by atoms with Crippen LogP contribution in [0, 0.1) is 19.8 Å². The third-order valence-electron chi connectivity index (χ3n) is 3.63. The zero-order valence-electron chi connectivity index (χ0n) is 15.6. The SMILES string of the molecule is CCOC(=O)C(NC(=O)CC(C)C)(Nc1ccc(C)cc1C)C(F)(F)F. The van der Waals surface area contributed by atoms with Crippen LogP contribution in [0.3, 0.4) is 0 Å². The number of carbonyl (C=O) groups is 2. The number of anilines is 1. The summed E-state index contributed by atoms with van der Waals surface area (Å²) in [4.78, 5) is 24.4. The van der Waals surface area contributed by atoms with E-state index in [0.717, 1.165) is 5.56 Å². The molecule has 1 unspecified atom stereocenters. The van der Waals surface area contributed by atoms with Crippen LogP contribution in [0.1, 0.15) is 38.3 Å². The number of rotatable bonds is 7. The Morgan fingerprint density at radius 3 is 2.27 bits per heavy atom. The number of carbonyl (C=O) groups excluding carboxylic acids is 2. The van der Waals surface area contributed by atoms with Crippen molar-refractivity contribution in [1.82, 2.24) is 5.32 Å². The van der Waals surface area contributed by atoms with Gasteiger partial charge in [-0.15, -0.1) is 0 Å². The van der Waals surface area contributed by atoms with E-state index in [1.54, 1.807) is 39.8 Å². The normalized spacial score (nSPS) is 13.9. The van der Waals surface area contributed by atoms with Crippen LogP contribution in [0.4, 0.5) is 18.9 Å². The summed E-state index contributed by atoms with van der Waals surface area (Å²) in [5, 5.41) is 4.01. The maximum absolute atomic E-state index is 14.0. The van der Waals surface area contributed by atoms with Crippen LogP contribution < -0.4 is 10.6 Å². The molecule has 2 N–H and O–H groups in total. The minimum atomic E-state index is -5.12.